The third-order valence-electron chi connectivity index (χ3n) is 2.41. The van der Waals surface area contributed by atoms with E-state index in [1.54, 1.807) is 12.1 Å². The van der Waals surface area contributed by atoms with Gasteiger partial charge in [-0.25, -0.2) is 9.37 Å². The number of aryl methyl sites for hydroxylation is 1. The molecule has 0 bridgehead atoms. The summed E-state index contributed by atoms with van der Waals surface area (Å²) < 4.78 is 13.6. The van der Waals surface area contributed by atoms with E-state index >= 15 is 0 Å². The van der Waals surface area contributed by atoms with Crippen LogP contribution in [0.3, 0.4) is 0 Å². The summed E-state index contributed by atoms with van der Waals surface area (Å²) in [6.45, 7) is 5.94. The fraction of sp³-hybridized carbons (Fsp3) is 0.333. The summed E-state index contributed by atoms with van der Waals surface area (Å²) in [6.07, 6.45) is 0. The van der Waals surface area contributed by atoms with Gasteiger partial charge < -0.3 is 0 Å². The van der Waals surface area contributed by atoms with Crippen LogP contribution >= 0.6 is 0 Å². The van der Waals surface area contributed by atoms with Gasteiger partial charge in [-0.1, -0.05) is 25.5 Å². The molecule has 2 rings (SSSR count). The lowest BCUT2D eigenvalue weighted by Gasteiger charge is -1.99. The van der Waals surface area contributed by atoms with Crippen molar-refractivity contribution in [3.8, 4) is 11.4 Å². The normalized spacial score (nSPS) is 11.1. The number of H-pyrrole nitrogens is 1. The van der Waals surface area contributed by atoms with Gasteiger partial charge in [0.2, 0.25) is 0 Å². The van der Waals surface area contributed by atoms with Gasteiger partial charge in [-0.3, -0.25) is 5.10 Å². The molecule has 0 unspecified atom stereocenters. The summed E-state index contributed by atoms with van der Waals surface area (Å²) >= 11 is 0. The molecule has 0 aliphatic heterocycles. The standard InChI is InChI=1S/C12H14FN3/c1-7(2)11-14-12(16-15-11)9-6-8(3)4-5-10(9)13/h4-7H,1-3H3,(H,14,15,16). The molecule has 2 aromatic rings. The lowest BCUT2D eigenvalue weighted by Crippen LogP contribution is -1.90. The van der Waals surface area contributed by atoms with Crippen molar-refractivity contribution in [2.75, 3.05) is 0 Å². The van der Waals surface area contributed by atoms with Gasteiger partial charge in [-0.15, -0.1) is 0 Å². The van der Waals surface area contributed by atoms with Crippen LogP contribution in [0, 0.1) is 12.7 Å². The molecule has 84 valence electrons. The van der Waals surface area contributed by atoms with Crippen molar-refractivity contribution in [1.82, 2.24) is 15.2 Å². The van der Waals surface area contributed by atoms with Crippen molar-refractivity contribution in [1.29, 1.82) is 0 Å². The largest absolute Gasteiger partial charge is 0.262 e. The van der Waals surface area contributed by atoms with Crippen LogP contribution in [-0.2, 0) is 0 Å². The Morgan fingerprint density at radius 1 is 1.31 bits per heavy atom. The van der Waals surface area contributed by atoms with Gasteiger partial charge in [-0.05, 0) is 19.1 Å². The molecule has 1 N–H and O–H groups in total. The number of halogens is 1. The molecular formula is C12H14FN3. The van der Waals surface area contributed by atoms with E-state index in [-0.39, 0.29) is 11.7 Å². The Labute approximate surface area is 93.7 Å². The van der Waals surface area contributed by atoms with E-state index in [1.165, 1.54) is 6.07 Å². The maximum absolute atomic E-state index is 13.6. The second-order valence-electron chi connectivity index (χ2n) is 4.18. The van der Waals surface area contributed by atoms with E-state index in [1.807, 2.05) is 20.8 Å². The second kappa shape index (κ2) is 4.04. The monoisotopic (exact) mass is 219 g/mol. The molecule has 3 nitrogen and oxygen atoms in total. The van der Waals surface area contributed by atoms with Crippen molar-refractivity contribution in [3.63, 3.8) is 0 Å². The summed E-state index contributed by atoms with van der Waals surface area (Å²) in [6, 6.07) is 4.92. The average Bonchev–Trinajstić information content (AvgIpc) is 2.70. The zero-order valence-corrected chi connectivity index (χ0v) is 9.58. The summed E-state index contributed by atoms with van der Waals surface area (Å²) in [5.74, 6) is 1.16. The molecule has 0 amide bonds. The number of hydrogen-bond acceptors (Lipinski definition) is 2. The first-order chi connectivity index (χ1) is 7.58. The first-order valence-electron chi connectivity index (χ1n) is 5.26. The van der Waals surface area contributed by atoms with Crippen LogP contribution in [0.5, 0.6) is 0 Å². The number of nitrogens with one attached hydrogen (secondary N) is 1. The topological polar surface area (TPSA) is 41.6 Å². The zero-order chi connectivity index (χ0) is 11.7. The first kappa shape index (κ1) is 10.8. The van der Waals surface area contributed by atoms with Crippen LogP contribution in [0.1, 0.15) is 31.2 Å². The molecular weight excluding hydrogens is 205 g/mol. The fourth-order valence-corrected chi connectivity index (χ4v) is 1.46. The molecule has 0 spiro atoms. The minimum Gasteiger partial charge on any atom is -0.262 e. The van der Waals surface area contributed by atoms with E-state index in [2.05, 4.69) is 15.2 Å². The Hall–Kier alpha value is -1.71. The highest BCUT2D eigenvalue weighted by atomic mass is 19.1. The van der Waals surface area contributed by atoms with Crippen molar-refractivity contribution in [3.05, 3.63) is 35.4 Å². The van der Waals surface area contributed by atoms with E-state index in [4.69, 9.17) is 0 Å². The number of benzene rings is 1. The Kier molecular flexibility index (Phi) is 2.73. The van der Waals surface area contributed by atoms with Crippen molar-refractivity contribution in [2.45, 2.75) is 26.7 Å². The number of aromatic amines is 1. The highest BCUT2D eigenvalue weighted by molar-refractivity contribution is 5.56. The molecule has 4 heteroatoms. The number of hydrogen-bond donors (Lipinski definition) is 1. The van der Waals surface area contributed by atoms with E-state index in [0.29, 0.717) is 11.4 Å². The van der Waals surface area contributed by atoms with Crippen LogP contribution in [0.2, 0.25) is 0 Å². The molecule has 1 heterocycles. The summed E-state index contributed by atoms with van der Waals surface area (Å²) in [5.41, 5.74) is 1.44. The number of rotatable bonds is 2. The van der Waals surface area contributed by atoms with Gasteiger partial charge in [0.1, 0.15) is 11.6 Å². The van der Waals surface area contributed by atoms with Gasteiger partial charge >= 0.3 is 0 Å². The van der Waals surface area contributed by atoms with Crippen LogP contribution in [0.25, 0.3) is 11.4 Å². The van der Waals surface area contributed by atoms with Gasteiger partial charge in [0.25, 0.3) is 0 Å². The van der Waals surface area contributed by atoms with Crippen molar-refractivity contribution in [2.24, 2.45) is 0 Å². The quantitative estimate of drug-likeness (QED) is 0.843. The highest BCUT2D eigenvalue weighted by Crippen LogP contribution is 2.21. The summed E-state index contributed by atoms with van der Waals surface area (Å²) in [5, 5.41) is 6.86. The first-order valence-corrected chi connectivity index (χ1v) is 5.26. The van der Waals surface area contributed by atoms with Crippen molar-refractivity contribution >= 4 is 0 Å². The third-order valence-corrected chi connectivity index (χ3v) is 2.41. The molecule has 0 saturated carbocycles. The minimum atomic E-state index is -0.292. The van der Waals surface area contributed by atoms with Crippen LogP contribution in [0.4, 0.5) is 4.39 Å². The molecule has 0 aliphatic carbocycles. The molecule has 0 aliphatic rings. The van der Waals surface area contributed by atoms with E-state index < -0.39 is 0 Å². The molecule has 16 heavy (non-hydrogen) atoms. The second-order valence-corrected chi connectivity index (χ2v) is 4.18. The molecule has 0 saturated heterocycles. The smallest absolute Gasteiger partial charge is 0.184 e. The lowest BCUT2D eigenvalue weighted by molar-refractivity contribution is 0.629. The van der Waals surface area contributed by atoms with Gasteiger partial charge in [0.05, 0.1) is 5.56 Å². The van der Waals surface area contributed by atoms with Crippen LogP contribution < -0.4 is 0 Å². The van der Waals surface area contributed by atoms with Crippen LogP contribution in [0.15, 0.2) is 18.2 Å². The fourth-order valence-electron chi connectivity index (χ4n) is 1.46. The zero-order valence-electron chi connectivity index (χ0n) is 9.58. The van der Waals surface area contributed by atoms with Gasteiger partial charge in [-0.2, -0.15) is 5.10 Å². The highest BCUT2D eigenvalue weighted by Gasteiger charge is 2.12. The predicted molar refractivity (Wildman–Crippen MR) is 60.6 cm³/mol. The number of nitrogens with zero attached hydrogens (tertiary/aromatic N) is 2. The van der Waals surface area contributed by atoms with E-state index in [0.717, 1.165) is 11.4 Å². The molecule has 1 aromatic heterocycles. The Morgan fingerprint density at radius 2 is 2.06 bits per heavy atom. The number of aromatic nitrogens is 3. The van der Waals surface area contributed by atoms with Crippen LogP contribution in [-0.4, -0.2) is 15.2 Å². The maximum atomic E-state index is 13.6. The molecule has 0 fully saturated rings. The SMILES string of the molecule is Cc1ccc(F)c(-c2n[nH]c(C(C)C)n2)c1. The Bertz CT molecular complexity index is 503. The summed E-state index contributed by atoms with van der Waals surface area (Å²) in [4.78, 5) is 4.28. The van der Waals surface area contributed by atoms with Gasteiger partial charge in [0, 0.05) is 5.92 Å². The molecule has 1 aromatic carbocycles. The molecule has 0 atom stereocenters. The minimum absolute atomic E-state index is 0.258. The summed E-state index contributed by atoms with van der Waals surface area (Å²) in [7, 11) is 0. The molecule has 0 radical (unpaired) electrons. The van der Waals surface area contributed by atoms with E-state index in [9.17, 15) is 4.39 Å². The average molecular weight is 219 g/mol. The maximum Gasteiger partial charge on any atom is 0.184 e. The van der Waals surface area contributed by atoms with Crippen molar-refractivity contribution < 1.29 is 4.39 Å². The predicted octanol–water partition coefficient (Wildman–Crippen LogP) is 3.04. The Balaban J connectivity index is 2.46. The lowest BCUT2D eigenvalue weighted by atomic mass is 10.1. The third kappa shape index (κ3) is 1.96. The Morgan fingerprint density at radius 3 is 2.69 bits per heavy atom. The van der Waals surface area contributed by atoms with Gasteiger partial charge in [0.15, 0.2) is 5.82 Å².